The van der Waals surface area contributed by atoms with Crippen LogP contribution < -0.4 is 4.72 Å². The molecule has 1 aromatic heterocycles. The highest BCUT2D eigenvalue weighted by Crippen LogP contribution is 2.36. The molecule has 0 atom stereocenters. The summed E-state index contributed by atoms with van der Waals surface area (Å²) < 4.78 is 28.6. The molecule has 2 N–H and O–H groups in total. The summed E-state index contributed by atoms with van der Waals surface area (Å²) in [5, 5.41) is 13.3. The fraction of sp³-hybridized carbons (Fsp3) is 0.700. The van der Waals surface area contributed by atoms with E-state index in [4.69, 9.17) is 5.11 Å². The molecule has 0 saturated heterocycles. The first-order chi connectivity index (χ1) is 7.81. The quantitative estimate of drug-likeness (QED) is 0.787. The molecule has 0 aliphatic heterocycles. The van der Waals surface area contributed by atoms with Gasteiger partial charge in [0.15, 0.2) is 0 Å². The fourth-order valence-electron chi connectivity index (χ4n) is 1.92. The second kappa shape index (κ2) is 3.79. The summed E-state index contributed by atoms with van der Waals surface area (Å²) in [4.78, 5) is 0.222. The lowest BCUT2D eigenvalue weighted by atomic mass is 10.3. The normalized spacial score (nSPS) is 18.4. The zero-order valence-corrected chi connectivity index (χ0v) is 11.0. The van der Waals surface area contributed by atoms with Crippen molar-refractivity contribution in [1.82, 2.24) is 14.5 Å². The molecular formula is C10H17N3O3S. The highest BCUT2D eigenvalue weighted by Gasteiger charge is 2.46. The van der Waals surface area contributed by atoms with E-state index < -0.39 is 15.6 Å². The SMILES string of the molecule is Cc1nn(C)c(C)c1S(=O)(=O)NC1(CO)CC1. The number of hydrogen-bond donors (Lipinski definition) is 2. The van der Waals surface area contributed by atoms with E-state index in [1.165, 1.54) is 0 Å². The molecule has 1 aliphatic rings. The van der Waals surface area contributed by atoms with Gasteiger partial charge in [0.25, 0.3) is 0 Å². The van der Waals surface area contributed by atoms with Gasteiger partial charge in [-0.2, -0.15) is 5.10 Å². The third-order valence-corrected chi connectivity index (χ3v) is 5.05. The van der Waals surface area contributed by atoms with Gasteiger partial charge in [-0.3, -0.25) is 4.68 Å². The summed E-state index contributed by atoms with van der Waals surface area (Å²) in [5.41, 5.74) is 0.433. The molecular weight excluding hydrogens is 242 g/mol. The van der Waals surface area contributed by atoms with Crippen molar-refractivity contribution in [2.75, 3.05) is 6.61 Å². The van der Waals surface area contributed by atoms with Gasteiger partial charge < -0.3 is 5.11 Å². The smallest absolute Gasteiger partial charge is 0.244 e. The lowest BCUT2D eigenvalue weighted by Gasteiger charge is -2.14. The van der Waals surface area contributed by atoms with Gasteiger partial charge in [-0.25, -0.2) is 13.1 Å². The predicted octanol–water partition coefficient (Wildman–Crippen LogP) is -0.160. The molecule has 17 heavy (non-hydrogen) atoms. The van der Waals surface area contributed by atoms with Crippen molar-refractivity contribution in [3.05, 3.63) is 11.4 Å². The molecule has 1 saturated carbocycles. The minimum atomic E-state index is -3.60. The monoisotopic (exact) mass is 259 g/mol. The van der Waals surface area contributed by atoms with Crippen LogP contribution in [0.5, 0.6) is 0 Å². The molecule has 0 radical (unpaired) electrons. The molecule has 1 aromatic rings. The number of nitrogens with zero attached hydrogens (tertiary/aromatic N) is 2. The van der Waals surface area contributed by atoms with Crippen molar-refractivity contribution in [3.63, 3.8) is 0 Å². The minimum absolute atomic E-state index is 0.162. The van der Waals surface area contributed by atoms with Gasteiger partial charge in [0, 0.05) is 7.05 Å². The molecule has 96 valence electrons. The first kappa shape index (κ1) is 12.5. The fourth-order valence-corrected chi connectivity index (χ4v) is 3.81. The van der Waals surface area contributed by atoms with E-state index >= 15 is 0 Å². The van der Waals surface area contributed by atoms with Crippen LogP contribution >= 0.6 is 0 Å². The molecule has 0 aromatic carbocycles. The summed E-state index contributed by atoms with van der Waals surface area (Å²) in [7, 11) is -1.89. The van der Waals surface area contributed by atoms with Gasteiger partial charge in [0.05, 0.1) is 23.5 Å². The number of aliphatic hydroxyl groups is 1. The predicted molar refractivity (Wildman–Crippen MR) is 62.1 cm³/mol. The summed E-state index contributed by atoms with van der Waals surface area (Å²) in [6.45, 7) is 3.22. The Bertz CT molecular complexity index is 543. The topological polar surface area (TPSA) is 84.2 Å². The number of aliphatic hydroxyl groups excluding tert-OH is 1. The van der Waals surface area contributed by atoms with Gasteiger partial charge in [0.1, 0.15) is 4.90 Å². The van der Waals surface area contributed by atoms with Crippen LogP contribution in [0.4, 0.5) is 0 Å². The van der Waals surface area contributed by atoms with Crippen molar-refractivity contribution in [2.24, 2.45) is 7.05 Å². The van der Waals surface area contributed by atoms with E-state index in [0.717, 1.165) is 0 Å². The van der Waals surface area contributed by atoms with Crippen molar-refractivity contribution in [1.29, 1.82) is 0 Å². The zero-order chi connectivity index (χ0) is 12.8. The second-order valence-corrected chi connectivity index (χ2v) is 6.29. The molecule has 1 aliphatic carbocycles. The third-order valence-electron chi connectivity index (χ3n) is 3.22. The van der Waals surface area contributed by atoms with Crippen LogP contribution in [0.1, 0.15) is 24.2 Å². The van der Waals surface area contributed by atoms with E-state index in [1.807, 2.05) is 0 Å². The molecule has 1 heterocycles. The van der Waals surface area contributed by atoms with Gasteiger partial charge in [0.2, 0.25) is 10.0 Å². The van der Waals surface area contributed by atoms with Crippen LogP contribution in [0.3, 0.4) is 0 Å². The summed E-state index contributed by atoms with van der Waals surface area (Å²) >= 11 is 0. The summed E-state index contributed by atoms with van der Waals surface area (Å²) in [6, 6.07) is 0. The number of rotatable bonds is 4. The van der Waals surface area contributed by atoms with E-state index in [2.05, 4.69) is 9.82 Å². The van der Waals surface area contributed by atoms with Gasteiger partial charge >= 0.3 is 0 Å². The van der Waals surface area contributed by atoms with Crippen molar-refractivity contribution < 1.29 is 13.5 Å². The Balaban J connectivity index is 2.38. The van der Waals surface area contributed by atoms with Crippen molar-refractivity contribution >= 4 is 10.0 Å². The molecule has 6 nitrogen and oxygen atoms in total. The standard InChI is InChI=1S/C10H17N3O3S/c1-7-9(8(2)13(3)11-7)17(15,16)12-10(6-14)4-5-10/h12,14H,4-6H2,1-3H3. The first-order valence-electron chi connectivity index (χ1n) is 5.46. The van der Waals surface area contributed by atoms with Crippen LogP contribution in [0.2, 0.25) is 0 Å². The number of sulfonamides is 1. The Morgan fingerprint density at radius 1 is 1.47 bits per heavy atom. The minimum Gasteiger partial charge on any atom is -0.394 e. The Kier molecular flexibility index (Phi) is 2.80. The van der Waals surface area contributed by atoms with Gasteiger partial charge in [-0.1, -0.05) is 0 Å². The van der Waals surface area contributed by atoms with Gasteiger partial charge in [-0.15, -0.1) is 0 Å². The largest absolute Gasteiger partial charge is 0.394 e. The molecule has 0 unspecified atom stereocenters. The first-order valence-corrected chi connectivity index (χ1v) is 6.95. The van der Waals surface area contributed by atoms with E-state index in [1.54, 1.807) is 25.6 Å². The van der Waals surface area contributed by atoms with E-state index in [0.29, 0.717) is 24.2 Å². The number of aryl methyl sites for hydroxylation is 2. The third kappa shape index (κ3) is 2.10. The Hall–Kier alpha value is -0.920. The van der Waals surface area contributed by atoms with Crippen LogP contribution in [-0.2, 0) is 17.1 Å². The van der Waals surface area contributed by atoms with Crippen LogP contribution in [-0.4, -0.2) is 35.5 Å². The van der Waals surface area contributed by atoms with Crippen LogP contribution in [0.15, 0.2) is 4.90 Å². The lowest BCUT2D eigenvalue weighted by molar-refractivity contribution is 0.246. The number of hydrogen-bond acceptors (Lipinski definition) is 4. The lowest BCUT2D eigenvalue weighted by Crippen LogP contribution is -2.39. The van der Waals surface area contributed by atoms with E-state index in [-0.39, 0.29) is 11.5 Å². The van der Waals surface area contributed by atoms with E-state index in [9.17, 15) is 8.42 Å². The average Bonchev–Trinajstić information content (AvgIpc) is 2.91. The highest BCUT2D eigenvalue weighted by molar-refractivity contribution is 7.89. The summed E-state index contributed by atoms with van der Waals surface area (Å²) in [6.07, 6.45) is 1.36. The second-order valence-electron chi connectivity index (χ2n) is 4.67. The van der Waals surface area contributed by atoms with Crippen LogP contribution in [0, 0.1) is 13.8 Å². The average molecular weight is 259 g/mol. The number of nitrogens with one attached hydrogen (secondary N) is 1. The Morgan fingerprint density at radius 3 is 2.41 bits per heavy atom. The molecule has 0 spiro atoms. The van der Waals surface area contributed by atoms with Crippen molar-refractivity contribution in [2.45, 2.75) is 37.1 Å². The Labute approximate surface area is 101 Å². The Morgan fingerprint density at radius 2 is 2.06 bits per heavy atom. The maximum atomic E-state index is 12.2. The molecule has 0 amide bonds. The van der Waals surface area contributed by atoms with Crippen LogP contribution in [0.25, 0.3) is 0 Å². The molecule has 7 heteroatoms. The number of aromatic nitrogens is 2. The highest BCUT2D eigenvalue weighted by atomic mass is 32.2. The maximum absolute atomic E-state index is 12.2. The maximum Gasteiger partial charge on any atom is 0.244 e. The van der Waals surface area contributed by atoms with Gasteiger partial charge in [-0.05, 0) is 26.7 Å². The molecule has 2 rings (SSSR count). The molecule has 0 bridgehead atoms. The summed E-state index contributed by atoms with van der Waals surface area (Å²) in [5.74, 6) is 0. The molecule has 1 fully saturated rings. The zero-order valence-electron chi connectivity index (χ0n) is 10.2. The van der Waals surface area contributed by atoms with Crippen molar-refractivity contribution in [3.8, 4) is 0 Å².